The van der Waals surface area contributed by atoms with Gasteiger partial charge in [0.15, 0.2) is 11.0 Å². The number of nitrogens with one attached hydrogen (secondary N) is 2. The maximum absolute atomic E-state index is 12.1. The molecule has 35 heavy (non-hydrogen) atoms. The molecule has 10 nitrogen and oxygen atoms in total. The molecule has 0 spiro atoms. The largest absolute Gasteiger partial charge is 0.395 e. The molecule has 3 N–H and O–H groups in total. The van der Waals surface area contributed by atoms with Crippen LogP contribution in [0.3, 0.4) is 0 Å². The second-order valence-corrected chi connectivity index (χ2v) is 10.1. The monoisotopic (exact) mass is 494 g/mol. The third-order valence-electron chi connectivity index (χ3n) is 6.16. The number of hydrogen-bond acceptors (Lipinski definition) is 10. The molecule has 0 unspecified atom stereocenters. The van der Waals surface area contributed by atoms with Crippen LogP contribution in [0.25, 0.3) is 0 Å². The lowest BCUT2D eigenvalue weighted by Gasteiger charge is -2.34. The van der Waals surface area contributed by atoms with E-state index in [9.17, 15) is 9.90 Å². The Morgan fingerprint density at radius 1 is 1.14 bits per heavy atom. The summed E-state index contributed by atoms with van der Waals surface area (Å²) in [5.74, 6) is 2.33. The number of aliphatic hydroxyl groups is 1. The molecule has 1 saturated carbocycles. The molecule has 2 aliphatic rings. The first-order valence-corrected chi connectivity index (χ1v) is 12.8. The number of piperazine rings is 1. The number of aliphatic hydroxyl groups excluding tert-OH is 1. The Morgan fingerprint density at radius 3 is 2.57 bits per heavy atom. The molecule has 0 atom stereocenters. The van der Waals surface area contributed by atoms with E-state index in [0.717, 1.165) is 55.2 Å². The van der Waals surface area contributed by atoms with Gasteiger partial charge < -0.3 is 15.3 Å². The number of β-amino-alcohol motifs (C(OH)–C–C–N with tert-alkyl or cyclic N) is 1. The fourth-order valence-corrected chi connectivity index (χ4v) is 4.77. The van der Waals surface area contributed by atoms with Gasteiger partial charge in [0.1, 0.15) is 5.78 Å². The molecular weight excluding hydrogens is 464 g/mol. The first-order valence-electron chi connectivity index (χ1n) is 12.0. The molecule has 1 saturated heterocycles. The summed E-state index contributed by atoms with van der Waals surface area (Å²) < 4.78 is 0. The average Bonchev–Trinajstić information content (AvgIpc) is 3.63. The molecule has 11 heteroatoms. The average molecular weight is 495 g/mol. The third kappa shape index (κ3) is 6.36. The van der Waals surface area contributed by atoms with Gasteiger partial charge in [0.2, 0.25) is 11.9 Å². The van der Waals surface area contributed by atoms with Gasteiger partial charge in [-0.3, -0.25) is 14.8 Å². The van der Waals surface area contributed by atoms with E-state index in [1.54, 1.807) is 0 Å². The summed E-state index contributed by atoms with van der Waals surface area (Å²) in [5.41, 5.74) is 1.98. The van der Waals surface area contributed by atoms with E-state index in [1.807, 2.05) is 37.3 Å². The summed E-state index contributed by atoms with van der Waals surface area (Å²) in [6.45, 7) is 6.02. The number of Topliss-reactive ketones (excluding diaryl/α,β-unsaturated/α-hetero) is 1. The number of carbonyl (C=O) groups is 1. The van der Waals surface area contributed by atoms with Crippen molar-refractivity contribution in [1.82, 2.24) is 30.0 Å². The number of carbonyl (C=O) groups excluding carboxylic acids is 1. The maximum Gasteiger partial charge on any atom is 0.234 e. The molecule has 1 aliphatic heterocycles. The van der Waals surface area contributed by atoms with Crippen LogP contribution in [-0.4, -0.2) is 80.3 Å². The van der Waals surface area contributed by atoms with Gasteiger partial charge in [-0.25, -0.2) is 0 Å². The molecule has 1 aliphatic carbocycles. The molecule has 3 heterocycles. The Bertz CT molecular complexity index is 1160. The number of rotatable bonds is 10. The third-order valence-corrected chi connectivity index (χ3v) is 7.04. The highest BCUT2D eigenvalue weighted by molar-refractivity contribution is 7.99. The topological polar surface area (TPSA) is 123 Å². The predicted molar refractivity (Wildman–Crippen MR) is 134 cm³/mol. The lowest BCUT2D eigenvalue weighted by Crippen LogP contribution is -2.47. The van der Waals surface area contributed by atoms with Crippen LogP contribution in [0.4, 0.5) is 17.7 Å². The normalized spacial score (nSPS) is 16.5. The number of nitrogens with zero attached hydrogens (tertiary/aromatic N) is 6. The van der Waals surface area contributed by atoms with Gasteiger partial charge in [-0.15, -0.1) is 0 Å². The molecule has 0 amide bonds. The first-order chi connectivity index (χ1) is 17.1. The summed E-state index contributed by atoms with van der Waals surface area (Å²) in [5, 5.41) is 20.1. The summed E-state index contributed by atoms with van der Waals surface area (Å²) in [6, 6.07) is 9.95. The van der Waals surface area contributed by atoms with Gasteiger partial charge in [-0.1, -0.05) is 12.1 Å². The highest BCUT2D eigenvalue weighted by atomic mass is 32.2. The van der Waals surface area contributed by atoms with E-state index in [2.05, 4.69) is 35.3 Å². The first kappa shape index (κ1) is 23.7. The molecule has 2 fully saturated rings. The van der Waals surface area contributed by atoms with Crippen LogP contribution in [0.5, 0.6) is 0 Å². The summed E-state index contributed by atoms with van der Waals surface area (Å²) in [7, 11) is 0. The van der Waals surface area contributed by atoms with Gasteiger partial charge in [0.25, 0.3) is 0 Å². The Kier molecular flexibility index (Phi) is 7.26. The van der Waals surface area contributed by atoms with E-state index < -0.39 is 0 Å². The van der Waals surface area contributed by atoms with Crippen molar-refractivity contribution in [3.05, 3.63) is 41.6 Å². The SMILES string of the molecule is Cc1cc(Nc2nc(Sc3ccc(CC(=O)C4CC4)cc3)nc(N3CCN(CCO)CC3)n2)n[nH]1. The minimum absolute atomic E-state index is 0.164. The molecular formula is C24H30N8O2S. The van der Waals surface area contributed by atoms with Crippen molar-refractivity contribution in [2.45, 2.75) is 36.2 Å². The fraction of sp³-hybridized carbons (Fsp3) is 0.458. The van der Waals surface area contributed by atoms with Crippen molar-refractivity contribution in [2.75, 3.05) is 49.5 Å². The maximum atomic E-state index is 12.1. The van der Waals surface area contributed by atoms with E-state index in [4.69, 9.17) is 4.98 Å². The molecule has 0 radical (unpaired) electrons. The number of anilines is 3. The highest BCUT2D eigenvalue weighted by Gasteiger charge is 2.29. The predicted octanol–water partition coefficient (Wildman–Crippen LogP) is 2.43. The van der Waals surface area contributed by atoms with Gasteiger partial charge in [0.05, 0.1) is 6.61 Å². The van der Waals surface area contributed by atoms with Gasteiger partial charge in [-0.2, -0.15) is 20.1 Å². The molecule has 5 rings (SSSR count). The number of ketones is 1. The van der Waals surface area contributed by atoms with Gasteiger partial charge in [-0.05, 0) is 49.2 Å². The van der Waals surface area contributed by atoms with E-state index in [0.29, 0.717) is 41.6 Å². The van der Waals surface area contributed by atoms with Gasteiger partial charge in [0, 0.05) is 61.7 Å². The molecule has 184 valence electrons. The Morgan fingerprint density at radius 2 is 1.91 bits per heavy atom. The molecule has 0 bridgehead atoms. The van der Waals surface area contributed by atoms with Crippen LogP contribution in [-0.2, 0) is 11.2 Å². The number of hydrogen-bond donors (Lipinski definition) is 3. The number of benzene rings is 1. The van der Waals surface area contributed by atoms with Crippen molar-refractivity contribution in [3.8, 4) is 0 Å². The Balaban J connectivity index is 1.33. The second-order valence-electron chi connectivity index (χ2n) is 9.02. The molecule has 1 aromatic carbocycles. The zero-order valence-electron chi connectivity index (χ0n) is 19.8. The lowest BCUT2D eigenvalue weighted by atomic mass is 10.1. The summed E-state index contributed by atoms with van der Waals surface area (Å²) >= 11 is 1.47. The minimum Gasteiger partial charge on any atom is -0.395 e. The van der Waals surface area contributed by atoms with Crippen molar-refractivity contribution in [3.63, 3.8) is 0 Å². The Hall–Kier alpha value is -3.02. The van der Waals surface area contributed by atoms with Crippen molar-refractivity contribution in [2.24, 2.45) is 5.92 Å². The number of aryl methyl sites for hydroxylation is 1. The standard InChI is InChI=1S/C24H30N8O2S/c1-16-14-21(30-29-16)25-22-26-23(32-10-8-31(9-11-32)12-13-33)28-24(27-22)35-19-6-2-17(3-7-19)15-20(34)18-4-5-18/h2-3,6-7,14,18,33H,4-5,8-13,15H2,1H3,(H2,25,26,27,28,29,30). The number of aromatic nitrogens is 5. The lowest BCUT2D eigenvalue weighted by molar-refractivity contribution is -0.119. The quantitative estimate of drug-likeness (QED) is 0.387. The molecule has 3 aromatic rings. The van der Waals surface area contributed by atoms with E-state index in [-0.39, 0.29) is 12.5 Å². The minimum atomic E-state index is 0.164. The zero-order valence-corrected chi connectivity index (χ0v) is 20.6. The van der Waals surface area contributed by atoms with Crippen LogP contribution >= 0.6 is 11.8 Å². The van der Waals surface area contributed by atoms with Gasteiger partial charge >= 0.3 is 0 Å². The summed E-state index contributed by atoms with van der Waals surface area (Å²) in [4.78, 5) is 31.5. The second kappa shape index (κ2) is 10.7. The van der Waals surface area contributed by atoms with E-state index >= 15 is 0 Å². The fourth-order valence-electron chi connectivity index (χ4n) is 4.03. The van der Waals surface area contributed by atoms with Crippen LogP contribution in [0.15, 0.2) is 40.4 Å². The van der Waals surface area contributed by atoms with Crippen LogP contribution < -0.4 is 10.2 Å². The highest BCUT2D eigenvalue weighted by Crippen LogP contribution is 2.32. The molecule has 2 aromatic heterocycles. The van der Waals surface area contributed by atoms with Crippen molar-refractivity contribution >= 4 is 35.3 Å². The van der Waals surface area contributed by atoms with E-state index in [1.165, 1.54) is 11.8 Å². The number of H-pyrrole nitrogens is 1. The Labute approximate surface area is 208 Å². The number of aromatic amines is 1. The van der Waals surface area contributed by atoms with Crippen molar-refractivity contribution in [1.29, 1.82) is 0 Å². The summed E-state index contributed by atoms with van der Waals surface area (Å²) in [6.07, 6.45) is 2.59. The van der Waals surface area contributed by atoms with Crippen LogP contribution in [0.2, 0.25) is 0 Å². The van der Waals surface area contributed by atoms with Crippen molar-refractivity contribution < 1.29 is 9.90 Å². The van der Waals surface area contributed by atoms with Crippen LogP contribution in [0.1, 0.15) is 24.1 Å². The van der Waals surface area contributed by atoms with Crippen LogP contribution in [0, 0.1) is 12.8 Å². The smallest absolute Gasteiger partial charge is 0.234 e. The zero-order chi connectivity index (χ0) is 24.2.